The van der Waals surface area contributed by atoms with Gasteiger partial charge in [0.05, 0.1) is 30.2 Å². The molecule has 3 fully saturated rings. The van der Waals surface area contributed by atoms with E-state index >= 15 is 0 Å². The summed E-state index contributed by atoms with van der Waals surface area (Å²) in [5, 5.41) is 11.3. The SMILES string of the molecule is O=[N+]([O-])c1ccccc1S(=O)(=O)N1[C@@H]2[C@@H]3OC[C@@H](O3)[C@@H](OCc3ccccc3)[C@@H]21. The van der Waals surface area contributed by atoms with Gasteiger partial charge in [0, 0.05) is 6.07 Å². The van der Waals surface area contributed by atoms with Gasteiger partial charge in [-0.1, -0.05) is 42.5 Å². The molecule has 29 heavy (non-hydrogen) atoms. The summed E-state index contributed by atoms with van der Waals surface area (Å²) in [4.78, 5) is 10.3. The van der Waals surface area contributed by atoms with Crippen molar-refractivity contribution in [1.82, 2.24) is 4.31 Å². The van der Waals surface area contributed by atoms with Gasteiger partial charge in [-0.05, 0) is 11.6 Å². The second kappa shape index (κ2) is 6.85. The third kappa shape index (κ3) is 3.04. The fourth-order valence-corrected chi connectivity index (χ4v) is 6.05. The first-order valence-corrected chi connectivity index (χ1v) is 10.6. The van der Waals surface area contributed by atoms with E-state index in [2.05, 4.69) is 0 Å². The van der Waals surface area contributed by atoms with Crippen molar-refractivity contribution in [2.24, 2.45) is 0 Å². The number of ether oxygens (including phenoxy) is 3. The van der Waals surface area contributed by atoms with Gasteiger partial charge in [-0.25, -0.2) is 8.42 Å². The molecule has 5 rings (SSSR count). The number of para-hydroxylation sites is 1. The predicted molar refractivity (Wildman–Crippen MR) is 99.3 cm³/mol. The first kappa shape index (κ1) is 18.6. The van der Waals surface area contributed by atoms with Crippen molar-refractivity contribution in [1.29, 1.82) is 0 Å². The van der Waals surface area contributed by atoms with Crippen LogP contribution in [-0.2, 0) is 30.8 Å². The summed E-state index contributed by atoms with van der Waals surface area (Å²) < 4.78 is 45.2. The Morgan fingerprint density at radius 3 is 2.59 bits per heavy atom. The lowest BCUT2D eigenvalue weighted by Crippen LogP contribution is -2.42. The van der Waals surface area contributed by atoms with Crippen molar-refractivity contribution in [2.45, 2.75) is 42.1 Å². The molecule has 3 saturated heterocycles. The Hall–Kier alpha value is -2.37. The number of nitro groups is 1. The van der Waals surface area contributed by atoms with E-state index in [1.54, 1.807) is 0 Å². The number of fused-ring (bicyclic) bond motifs is 4. The predicted octanol–water partition coefficient (Wildman–Crippen LogP) is 1.68. The number of benzene rings is 2. The van der Waals surface area contributed by atoms with Gasteiger partial charge in [-0.15, -0.1) is 0 Å². The second-order valence-electron chi connectivity index (χ2n) is 7.18. The Morgan fingerprint density at radius 2 is 1.83 bits per heavy atom. The Kier molecular flexibility index (Phi) is 4.41. The van der Waals surface area contributed by atoms with Crippen LogP contribution >= 0.6 is 0 Å². The van der Waals surface area contributed by atoms with Gasteiger partial charge in [0.1, 0.15) is 12.2 Å². The van der Waals surface area contributed by atoms with Gasteiger partial charge >= 0.3 is 0 Å². The van der Waals surface area contributed by atoms with Crippen LogP contribution in [-0.4, -0.2) is 54.8 Å². The van der Waals surface area contributed by atoms with E-state index in [0.29, 0.717) is 13.2 Å². The largest absolute Gasteiger partial charge is 0.369 e. The van der Waals surface area contributed by atoms with Crippen LogP contribution in [0.2, 0.25) is 0 Å². The minimum absolute atomic E-state index is 0.304. The molecule has 0 radical (unpaired) electrons. The van der Waals surface area contributed by atoms with Crippen LogP contribution in [0, 0.1) is 10.1 Å². The van der Waals surface area contributed by atoms with Crippen molar-refractivity contribution in [3.63, 3.8) is 0 Å². The quantitative estimate of drug-likeness (QED) is 0.399. The van der Waals surface area contributed by atoms with Crippen LogP contribution in [0.1, 0.15) is 5.56 Å². The van der Waals surface area contributed by atoms with E-state index in [1.807, 2.05) is 30.3 Å². The maximum Gasteiger partial charge on any atom is 0.289 e. The van der Waals surface area contributed by atoms with Crippen molar-refractivity contribution < 1.29 is 27.6 Å². The zero-order chi connectivity index (χ0) is 20.2. The molecule has 10 heteroatoms. The molecule has 2 aromatic carbocycles. The Bertz CT molecular complexity index is 1050. The van der Waals surface area contributed by atoms with Crippen LogP contribution in [0.4, 0.5) is 5.69 Å². The summed E-state index contributed by atoms with van der Waals surface area (Å²) >= 11 is 0. The van der Waals surface area contributed by atoms with Gasteiger partial charge in [0.15, 0.2) is 11.2 Å². The van der Waals surface area contributed by atoms with E-state index in [1.165, 1.54) is 28.6 Å². The smallest absolute Gasteiger partial charge is 0.289 e. The van der Waals surface area contributed by atoms with Crippen LogP contribution in [0.25, 0.3) is 0 Å². The van der Waals surface area contributed by atoms with E-state index in [9.17, 15) is 18.5 Å². The fraction of sp³-hybridized carbons (Fsp3) is 0.368. The van der Waals surface area contributed by atoms with Gasteiger partial charge in [-0.2, -0.15) is 4.31 Å². The normalized spacial score (nSPS) is 32.6. The average molecular weight is 418 g/mol. The summed E-state index contributed by atoms with van der Waals surface area (Å²) in [6.45, 7) is 0.634. The van der Waals surface area contributed by atoms with Crippen LogP contribution < -0.4 is 0 Å². The molecule has 2 bridgehead atoms. The first-order valence-electron chi connectivity index (χ1n) is 9.18. The molecule has 9 nitrogen and oxygen atoms in total. The Balaban J connectivity index is 1.43. The van der Waals surface area contributed by atoms with Gasteiger partial charge in [-0.3, -0.25) is 10.1 Å². The molecule has 0 spiro atoms. The molecule has 2 aromatic rings. The molecule has 0 aromatic heterocycles. The van der Waals surface area contributed by atoms with Crippen LogP contribution in [0.5, 0.6) is 0 Å². The average Bonchev–Trinajstić information content (AvgIpc) is 3.35. The number of nitrogens with zero attached hydrogens (tertiary/aromatic N) is 2. The lowest BCUT2D eigenvalue weighted by molar-refractivity contribution is -0.387. The Labute approximate surface area is 167 Å². The maximum atomic E-state index is 13.2. The van der Waals surface area contributed by atoms with E-state index in [-0.39, 0.29) is 11.0 Å². The van der Waals surface area contributed by atoms with Crippen molar-refractivity contribution in [3.8, 4) is 0 Å². The second-order valence-corrected chi connectivity index (χ2v) is 8.99. The minimum Gasteiger partial charge on any atom is -0.369 e. The Morgan fingerprint density at radius 1 is 1.10 bits per heavy atom. The van der Waals surface area contributed by atoms with Crippen LogP contribution in [0.3, 0.4) is 0 Å². The fourth-order valence-electron chi connectivity index (χ4n) is 4.11. The highest BCUT2D eigenvalue weighted by atomic mass is 32.2. The van der Waals surface area contributed by atoms with Crippen molar-refractivity contribution in [2.75, 3.05) is 6.61 Å². The molecular formula is C19H18N2O7S. The summed E-state index contributed by atoms with van der Waals surface area (Å²) in [5.41, 5.74) is 0.503. The highest BCUT2D eigenvalue weighted by Crippen LogP contribution is 2.50. The number of hydrogen-bond acceptors (Lipinski definition) is 7. The standard InChI is InChI=1S/C19H18N2O7S/c22-21(23)13-8-4-5-9-15(13)29(24,25)20-16-17(20)19-27-11-14(28-19)18(16)26-10-12-6-2-1-3-7-12/h1-9,14,16-19H,10-11H2/t14-,16-,17+,18-,19-,20?/m1/s1. The van der Waals surface area contributed by atoms with Crippen molar-refractivity contribution in [3.05, 3.63) is 70.3 Å². The molecule has 0 aliphatic carbocycles. The number of nitro benzene ring substituents is 1. The van der Waals surface area contributed by atoms with Crippen LogP contribution in [0.15, 0.2) is 59.5 Å². The highest BCUT2D eigenvalue weighted by Gasteiger charge is 2.70. The number of rotatable bonds is 6. The first-order chi connectivity index (χ1) is 14.0. The zero-order valence-electron chi connectivity index (χ0n) is 15.2. The lowest BCUT2D eigenvalue weighted by atomic mass is 10.1. The molecule has 3 aliphatic rings. The maximum absolute atomic E-state index is 13.2. The third-order valence-corrected chi connectivity index (χ3v) is 7.41. The lowest BCUT2D eigenvalue weighted by Gasteiger charge is -2.25. The molecule has 3 heterocycles. The molecule has 3 aliphatic heterocycles. The molecule has 0 N–H and O–H groups in total. The van der Waals surface area contributed by atoms with E-state index in [4.69, 9.17) is 14.2 Å². The minimum atomic E-state index is -4.11. The molecule has 0 amide bonds. The van der Waals surface area contributed by atoms with Gasteiger partial charge in [0.25, 0.3) is 15.7 Å². The molecular weight excluding hydrogens is 400 g/mol. The number of hydrogen-bond donors (Lipinski definition) is 0. The summed E-state index contributed by atoms with van der Waals surface area (Å²) in [7, 11) is -4.11. The highest BCUT2D eigenvalue weighted by molar-refractivity contribution is 7.89. The molecule has 1 unspecified atom stereocenters. The van der Waals surface area contributed by atoms with Crippen molar-refractivity contribution >= 4 is 15.7 Å². The molecule has 6 atom stereocenters. The zero-order valence-corrected chi connectivity index (χ0v) is 16.0. The van der Waals surface area contributed by atoms with E-state index in [0.717, 1.165) is 5.56 Å². The van der Waals surface area contributed by atoms with E-state index < -0.39 is 45.1 Å². The number of sulfonamides is 1. The van der Waals surface area contributed by atoms with Gasteiger partial charge in [0.2, 0.25) is 0 Å². The topological polar surface area (TPSA) is 108 Å². The summed E-state index contributed by atoms with van der Waals surface area (Å²) in [6.07, 6.45) is -1.58. The molecule has 152 valence electrons. The summed E-state index contributed by atoms with van der Waals surface area (Å²) in [5.74, 6) is 0. The summed E-state index contributed by atoms with van der Waals surface area (Å²) in [6, 6.07) is 13.8. The van der Waals surface area contributed by atoms with Gasteiger partial charge < -0.3 is 14.2 Å². The third-order valence-electron chi connectivity index (χ3n) is 5.47. The monoisotopic (exact) mass is 418 g/mol. The molecule has 0 saturated carbocycles.